The van der Waals surface area contributed by atoms with E-state index < -0.39 is 23.7 Å². The fraction of sp³-hybridized carbons (Fsp3) is 0.235. The lowest BCUT2D eigenvalue weighted by atomic mass is 10.2. The maximum atomic E-state index is 13.0. The molecule has 1 amide bonds. The Morgan fingerprint density at radius 1 is 1.24 bits per heavy atom. The quantitative estimate of drug-likeness (QED) is 0.802. The van der Waals surface area contributed by atoms with Gasteiger partial charge in [-0.05, 0) is 31.2 Å². The first-order valence-corrected chi connectivity index (χ1v) is 7.27. The van der Waals surface area contributed by atoms with E-state index in [2.05, 4.69) is 10.1 Å². The summed E-state index contributed by atoms with van der Waals surface area (Å²) in [4.78, 5) is 34.9. The largest absolute Gasteiger partial charge is 0.465 e. The van der Waals surface area contributed by atoms with Crippen molar-refractivity contribution < 1.29 is 32.7 Å². The van der Waals surface area contributed by atoms with E-state index in [0.717, 1.165) is 6.07 Å². The zero-order valence-electron chi connectivity index (χ0n) is 13.6. The van der Waals surface area contributed by atoms with Gasteiger partial charge in [0.15, 0.2) is 0 Å². The minimum absolute atomic E-state index is 0.0946. The smallest absolute Gasteiger partial charge is 0.341 e. The van der Waals surface area contributed by atoms with Crippen LogP contribution in [0.2, 0.25) is 0 Å². The second-order valence-electron chi connectivity index (χ2n) is 5.03. The van der Waals surface area contributed by atoms with Crippen molar-refractivity contribution in [2.24, 2.45) is 0 Å². The van der Waals surface area contributed by atoms with Gasteiger partial charge in [-0.25, -0.2) is 9.18 Å². The number of ether oxygens (including phenoxy) is 2. The number of rotatable bonds is 6. The Balaban J connectivity index is 1.83. The molecule has 1 aromatic heterocycles. The molecule has 1 heterocycles. The van der Waals surface area contributed by atoms with Gasteiger partial charge >= 0.3 is 11.9 Å². The number of carbonyl (C=O) groups excluding carboxylic acids is 3. The minimum atomic E-state index is -0.710. The fourth-order valence-electron chi connectivity index (χ4n) is 2.01. The average Bonchev–Trinajstić information content (AvgIpc) is 2.98. The van der Waals surface area contributed by atoms with E-state index in [1.165, 1.54) is 31.4 Å². The number of carbonyl (C=O) groups is 3. The van der Waals surface area contributed by atoms with Gasteiger partial charge in [0, 0.05) is 5.56 Å². The van der Waals surface area contributed by atoms with Crippen LogP contribution in [-0.4, -0.2) is 31.5 Å². The zero-order chi connectivity index (χ0) is 18.4. The number of nitrogens with one attached hydrogen (secondary N) is 1. The predicted molar refractivity (Wildman–Crippen MR) is 83.3 cm³/mol. The van der Waals surface area contributed by atoms with Crippen molar-refractivity contribution in [3.63, 3.8) is 0 Å². The molecule has 25 heavy (non-hydrogen) atoms. The van der Waals surface area contributed by atoms with Gasteiger partial charge in [-0.2, -0.15) is 0 Å². The molecule has 0 radical (unpaired) electrons. The van der Waals surface area contributed by atoms with E-state index in [-0.39, 0.29) is 30.0 Å². The number of benzene rings is 1. The number of esters is 2. The van der Waals surface area contributed by atoms with Crippen LogP contribution in [0.4, 0.5) is 4.39 Å². The lowest BCUT2D eigenvalue weighted by Crippen LogP contribution is -2.30. The van der Waals surface area contributed by atoms with E-state index in [4.69, 9.17) is 9.15 Å². The summed E-state index contributed by atoms with van der Waals surface area (Å²) in [6.45, 7) is 0.988. The van der Waals surface area contributed by atoms with Crippen LogP contribution in [0.15, 0.2) is 34.7 Å². The molecule has 0 unspecified atom stereocenters. The second kappa shape index (κ2) is 8.09. The molecule has 0 bridgehead atoms. The molecule has 0 aliphatic carbocycles. The monoisotopic (exact) mass is 349 g/mol. The number of halogens is 1. The predicted octanol–water partition coefficient (Wildman–Crippen LogP) is 1.99. The summed E-state index contributed by atoms with van der Waals surface area (Å²) in [7, 11) is 1.25. The van der Waals surface area contributed by atoms with Crippen molar-refractivity contribution in [3.05, 3.63) is 58.8 Å². The summed E-state index contributed by atoms with van der Waals surface area (Å²) in [5.74, 6) is -1.80. The highest BCUT2D eigenvalue weighted by atomic mass is 19.1. The van der Waals surface area contributed by atoms with Crippen LogP contribution in [0.1, 0.15) is 32.2 Å². The van der Waals surface area contributed by atoms with Gasteiger partial charge in [0.2, 0.25) is 0 Å². The number of methoxy groups -OCH3 is 1. The molecule has 132 valence electrons. The third-order valence-electron chi connectivity index (χ3n) is 3.23. The van der Waals surface area contributed by atoms with Crippen LogP contribution in [-0.2, 0) is 20.9 Å². The van der Waals surface area contributed by atoms with E-state index in [1.807, 2.05) is 0 Å². The van der Waals surface area contributed by atoms with Crippen LogP contribution < -0.4 is 5.32 Å². The summed E-state index contributed by atoms with van der Waals surface area (Å²) >= 11 is 0. The van der Waals surface area contributed by atoms with Gasteiger partial charge in [0.05, 0.1) is 7.11 Å². The Labute approximate surface area is 142 Å². The molecule has 0 fully saturated rings. The first-order chi connectivity index (χ1) is 11.9. The van der Waals surface area contributed by atoms with Gasteiger partial charge in [-0.15, -0.1) is 0 Å². The molecule has 7 nitrogen and oxygen atoms in total. The molecule has 1 N–H and O–H groups in total. The molecule has 0 saturated carbocycles. The normalized spacial score (nSPS) is 10.2. The van der Waals surface area contributed by atoms with E-state index in [9.17, 15) is 18.8 Å². The lowest BCUT2D eigenvalue weighted by Gasteiger charge is -2.05. The van der Waals surface area contributed by atoms with E-state index >= 15 is 0 Å². The summed E-state index contributed by atoms with van der Waals surface area (Å²) in [6, 6.07) is 6.49. The highest BCUT2D eigenvalue weighted by Crippen LogP contribution is 2.16. The van der Waals surface area contributed by atoms with Crippen molar-refractivity contribution in [3.8, 4) is 0 Å². The molecule has 1 aromatic carbocycles. The van der Waals surface area contributed by atoms with Gasteiger partial charge in [0.1, 0.15) is 36.1 Å². The van der Waals surface area contributed by atoms with Crippen molar-refractivity contribution in [1.82, 2.24) is 5.32 Å². The van der Waals surface area contributed by atoms with Crippen LogP contribution in [0.5, 0.6) is 0 Å². The van der Waals surface area contributed by atoms with Gasteiger partial charge < -0.3 is 19.2 Å². The van der Waals surface area contributed by atoms with Crippen LogP contribution in [0.3, 0.4) is 0 Å². The Bertz CT molecular complexity index is 798. The molecule has 2 aromatic rings. The van der Waals surface area contributed by atoms with Crippen molar-refractivity contribution >= 4 is 17.8 Å². The van der Waals surface area contributed by atoms with Crippen LogP contribution in [0, 0.1) is 12.7 Å². The van der Waals surface area contributed by atoms with Crippen LogP contribution in [0.25, 0.3) is 0 Å². The van der Waals surface area contributed by atoms with Crippen molar-refractivity contribution in [2.45, 2.75) is 13.5 Å². The van der Waals surface area contributed by atoms with E-state index in [1.54, 1.807) is 6.92 Å². The van der Waals surface area contributed by atoms with Gasteiger partial charge in [-0.1, -0.05) is 6.07 Å². The fourth-order valence-corrected chi connectivity index (χ4v) is 2.01. The van der Waals surface area contributed by atoms with Gasteiger partial charge in [-0.3, -0.25) is 9.59 Å². The molecule has 0 aliphatic rings. The number of furan rings is 1. The first kappa shape index (κ1) is 18.2. The second-order valence-corrected chi connectivity index (χ2v) is 5.03. The van der Waals surface area contributed by atoms with Crippen molar-refractivity contribution in [2.75, 3.05) is 13.7 Å². The maximum Gasteiger partial charge on any atom is 0.341 e. The number of aryl methyl sites for hydroxylation is 1. The molecule has 0 spiro atoms. The lowest BCUT2D eigenvalue weighted by molar-refractivity contribution is -0.144. The topological polar surface area (TPSA) is 94.8 Å². The van der Waals surface area contributed by atoms with Gasteiger partial charge in [0.25, 0.3) is 5.91 Å². The molecule has 0 saturated heterocycles. The molecular formula is C17H16FNO6. The number of hydrogen-bond donors (Lipinski definition) is 1. The molecule has 0 atom stereocenters. The highest BCUT2D eigenvalue weighted by molar-refractivity contribution is 5.95. The molecule has 0 aliphatic heterocycles. The maximum absolute atomic E-state index is 13.0. The zero-order valence-corrected chi connectivity index (χ0v) is 13.6. The molecule has 8 heteroatoms. The summed E-state index contributed by atoms with van der Waals surface area (Å²) in [6.07, 6.45) is 0. The Morgan fingerprint density at radius 3 is 2.68 bits per heavy atom. The average molecular weight is 349 g/mol. The Hall–Kier alpha value is -3.16. The van der Waals surface area contributed by atoms with Crippen molar-refractivity contribution in [1.29, 1.82) is 0 Å². The third kappa shape index (κ3) is 4.90. The van der Waals surface area contributed by atoms with E-state index in [0.29, 0.717) is 5.76 Å². The summed E-state index contributed by atoms with van der Waals surface area (Å²) in [5.41, 5.74) is 0.338. The number of hydrogen-bond acceptors (Lipinski definition) is 6. The molecular weight excluding hydrogens is 333 g/mol. The number of amides is 1. The molecule has 2 rings (SSSR count). The van der Waals surface area contributed by atoms with Crippen LogP contribution >= 0.6 is 0 Å². The summed E-state index contributed by atoms with van der Waals surface area (Å²) in [5, 5.41) is 2.32. The first-order valence-electron chi connectivity index (χ1n) is 7.27. The Kier molecular flexibility index (Phi) is 5.89. The SMILES string of the molecule is COC(=O)c1cc(COC(=O)CNC(=O)c2cccc(F)c2)oc1C. The highest BCUT2D eigenvalue weighted by Gasteiger charge is 2.16. The Morgan fingerprint density at radius 2 is 2.00 bits per heavy atom. The minimum Gasteiger partial charge on any atom is -0.465 e. The third-order valence-corrected chi connectivity index (χ3v) is 3.23. The summed E-state index contributed by atoms with van der Waals surface area (Å²) < 4.78 is 27.9. The standard InChI is InChI=1S/C17H16FNO6/c1-10-14(17(22)23-2)7-13(25-10)9-24-15(20)8-19-16(21)11-4-3-5-12(18)6-11/h3-7H,8-9H2,1-2H3,(H,19,21).